The summed E-state index contributed by atoms with van der Waals surface area (Å²) in [6.07, 6.45) is 0. The molecule has 53 heavy (non-hydrogen) atoms. The average Bonchev–Trinajstić information content (AvgIpc) is 3.84. The van der Waals surface area contributed by atoms with E-state index in [9.17, 15) is 0 Å². The van der Waals surface area contributed by atoms with Crippen LogP contribution in [0.15, 0.2) is 167 Å². The number of hydrogen-bond acceptors (Lipinski definition) is 2. The summed E-state index contributed by atoms with van der Waals surface area (Å²) in [6, 6.07) is 57.3. The van der Waals surface area contributed by atoms with E-state index in [1.54, 1.807) is 0 Å². The number of hydrogen-bond donors (Lipinski definition) is 0. The summed E-state index contributed by atoms with van der Waals surface area (Å²) in [7, 11) is 0. The second kappa shape index (κ2) is 10.2. The molecular formula is C51H32O2. The van der Waals surface area contributed by atoms with Crippen LogP contribution in [0.2, 0.25) is 0 Å². The lowest BCUT2D eigenvalue weighted by Gasteiger charge is -2.23. The molecule has 0 spiro atoms. The lowest BCUT2D eigenvalue weighted by Crippen LogP contribution is -2.15. The smallest absolute Gasteiger partial charge is 0.143 e. The maximum Gasteiger partial charge on any atom is 0.143 e. The zero-order chi connectivity index (χ0) is 35.0. The van der Waals surface area contributed by atoms with Gasteiger partial charge in [0, 0.05) is 32.3 Å². The highest BCUT2D eigenvalue weighted by Gasteiger charge is 2.40. The van der Waals surface area contributed by atoms with Crippen LogP contribution in [-0.2, 0) is 5.41 Å². The summed E-state index contributed by atoms with van der Waals surface area (Å²) in [5.41, 5.74) is 13.7. The van der Waals surface area contributed by atoms with Crippen molar-refractivity contribution < 1.29 is 8.83 Å². The Morgan fingerprint density at radius 3 is 1.49 bits per heavy atom. The van der Waals surface area contributed by atoms with Crippen molar-refractivity contribution in [2.75, 3.05) is 0 Å². The largest absolute Gasteiger partial charge is 0.456 e. The van der Waals surface area contributed by atoms with Gasteiger partial charge in [0.2, 0.25) is 0 Å². The van der Waals surface area contributed by atoms with E-state index in [1.165, 1.54) is 76.6 Å². The van der Waals surface area contributed by atoms with Crippen molar-refractivity contribution in [1.29, 1.82) is 0 Å². The number of rotatable bonds is 2. The molecule has 0 unspecified atom stereocenters. The van der Waals surface area contributed by atoms with Crippen molar-refractivity contribution in [2.24, 2.45) is 0 Å². The first-order valence-electron chi connectivity index (χ1n) is 18.4. The van der Waals surface area contributed by atoms with Crippen LogP contribution in [0.3, 0.4) is 0 Å². The van der Waals surface area contributed by atoms with Crippen molar-refractivity contribution in [1.82, 2.24) is 0 Å². The van der Waals surface area contributed by atoms with Crippen LogP contribution < -0.4 is 0 Å². The molecule has 1 aliphatic rings. The molecule has 2 heterocycles. The summed E-state index contributed by atoms with van der Waals surface area (Å²) in [6.45, 7) is 4.76. The molecule has 248 valence electrons. The van der Waals surface area contributed by atoms with Gasteiger partial charge in [-0.25, -0.2) is 0 Å². The number of benzene rings is 9. The summed E-state index contributed by atoms with van der Waals surface area (Å²) >= 11 is 0. The highest BCUT2D eigenvalue weighted by molar-refractivity contribution is 6.25. The van der Waals surface area contributed by atoms with Gasteiger partial charge < -0.3 is 8.83 Å². The minimum absolute atomic E-state index is 0.221. The van der Waals surface area contributed by atoms with Gasteiger partial charge in [-0.2, -0.15) is 0 Å². The van der Waals surface area contributed by atoms with E-state index in [0.29, 0.717) is 0 Å². The zero-order valence-electron chi connectivity index (χ0n) is 29.3. The molecule has 2 aromatic heterocycles. The fourth-order valence-corrected chi connectivity index (χ4v) is 9.76. The van der Waals surface area contributed by atoms with Crippen LogP contribution >= 0.6 is 0 Å². The van der Waals surface area contributed by atoms with E-state index in [-0.39, 0.29) is 5.41 Å². The first-order valence-corrected chi connectivity index (χ1v) is 18.4. The van der Waals surface area contributed by atoms with Gasteiger partial charge in [-0.3, -0.25) is 0 Å². The normalized spacial score (nSPS) is 13.6. The minimum Gasteiger partial charge on any atom is -0.456 e. The molecule has 0 bridgehead atoms. The fraction of sp³-hybridized carbons (Fsp3) is 0.0588. The van der Waals surface area contributed by atoms with Gasteiger partial charge in [0.05, 0.1) is 0 Å². The van der Waals surface area contributed by atoms with Crippen LogP contribution in [0.1, 0.15) is 25.0 Å². The van der Waals surface area contributed by atoms with Crippen LogP contribution in [0.25, 0.3) is 110 Å². The Kier molecular flexibility index (Phi) is 5.60. The third-order valence-corrected chi connectivity index (χ3v) is 12.0. The van der Waals surface area contributed by atoms with E-state index in [0.717, 1.165) is 44.1 Å². The maximum absolute atomic E-state index is 6.65. The van der Waals surface area contributed by atoms with Crippen LogP contribution in [0.4, 0.5) is 0 Å². The first kappa shape index (κ1) is 29.0. The molecule has 12 rings (SSSR count). The monoisotopic (exact) mass is 676 g/mol. The minimum atomic E-state index is -0.221. The average molecular weight is 677 g/mol. The molecule has 0 radical (unpaired) electrons. The molecule has 0 atom stereocenters. The van der Waals surface area contributed by atoms with Gasteiger partial charge in [-0.05, 0) is 102 Å². The topological polar surface area (TPSA) is 26.3 Å². The Hall–Kier alpha value is -6.64. The molecule has 2 nitrogen and oxygen atoms in total. The van der Waals surface area contributed by atoms with E-state index < -0.39 is 0 Å². The third kappa shape index (κ3) is 3.77. The van der Waals surface area contributed by atoms with Crippen molar-refractivity contribution in [3.05, 3.63) is 169 Å². The quantitative estimate of drug-likeness (QED) is 0.170. The maximum atomic E-state index is 6.65. The predicted octanol–water partition coefficient (Wildman–Crippen LogP) is 14.6. The Labute approximate surface area is 305 Å². The van der Waals surface area contributed by atoms with Gasteiger partial charge in [0.15, 0.2) is 0 Å². The van der Waals surface area contributed by atoms with Crippen molar-refractivity contribution in [3.63, 3.8) is 0 Å². The second-order valence-electron chi connectivity index (χ2n) is 15.1. The third-order valence-electron chi connectivity index (χ3n) is 12.0. The predicted molar refractivity (Wildman–Crippen MR) is 222 cm³/mol. The molecular weight excluding hydrogens is 645 g/mol. The number of furan rings is 2. The first-order chi connectivity index (χ1) is 26.1. The zero-order valence-corrected chi connectivity index (χ0v) is 29.3. The Morgan fingerprint density at radius 2 is 0.849 bits per heavy atom. The lowest BCUT2D eigenvalue weighted by atomic mass is 9.79. The van der Waals surface area contributed by atoms with Crippen molar-refractivity contribution in [3.8, 4) is 33.4 Å². The standard InChI is InChI=1S/C51H32O2/c1-51(2)41-26-24-29(27-40(41)47-37-18-7-8-19-38(37)50-48(49(47)51)39-20-10-12-22-43(39)53-50)45-33-14-3-5-16-35(33)46(36-17-6-4-15-34(36)45)30-23-25-32-31-13-9-11-21-42(31)52-44(32)28-30/h3-28H,1-2H3. The Morgan fingerprint density at radius 1 is 0.377 bits per heavy atom. The molecule has 0 saturated carbocycles. The molecule has 0 amide bonds. The van der Waals surface area contributed by atoms with Gasteiger partial charge >= 0.3 is 0 Å². The molecule has 0 aliphatic heterocycles. The molecule has 9 aromatic carbocycles. The molecule has 0 saturated heterocycles. The van der Waals surface area contributed by atoms with E-state index >= 15 is 0 Å². The summed E-state index contributed by atoms with van der Waals surface area (Å²) in [4.78, 5) is 0. The summed E-state index contributed by atoms with van der Waals surface area (Å²) in [5, 5.41) is 12.0. The lowest BCUT2D eigenvalue weighted by molar-refractivity contribution is 0.659. The van der Waals surface area contributed by atoms with Gasteiger partial charge in [-0.15, -0.1) is 0 Å². The van der Waals surface area contributed by atoms with Gasteiger partial charge in [0.25, 0.3) is 0 Å². The highest BCUT2D eigenvalue weighted by Crippen LogP contribution is 2.57. The fourth-order valence-electron chi connectivity index (χ4n) is 9.76. The Bertz CT molecular complexity index is 3310. The number of fused-ring (bicyclic) bond motifs is 15. The van der Waals surface area contributed by atoms with E-state index in [2.05, 4.69) is 159 Å². The van der Waals surface area contributed by atoms with Gasteiger partial charge in [-0.1, -0.05) is 141 Å². The van der Waals surface area contributed by atoms with Crippen molar-refractivity contribution >= 4 is 76.2 Å². The second-order valence-corrected chi connectivity index (χ2v) is 15.1. The molecule has 2 heteroatoms. The van der Waals surface area contributed by atoms with E-state index in [4.69, 9.17) is 8.83 Å². The van der Waals surface area contributed by atoms with Crippen LogP contribution in [-0.4, -0.2) is 0 Å². The molecule has 0 fully saturated rings. The van der Waals surface area contributed by atoms with Crippen molar-refractivity contribution in [2.45, 2.75) is 19.3 Å². The van der Waals surface area contributed by atoms with Gasteiger partial charge in [0.1, 0.15) is 22.3 Å². The SMILES string of the molecule is CC1(C)c2ccc(-c3c4ccccc4c(-c4ccc5c(c4)oc4ccccc45)c4ccccc34)cc2-c2c1c1c3ccccc3oc1c1ccccc21. The van der Waals surface area contributed by atoms with Crippen LogP contribution in [0, 0.1) is 0 Å². The number of para-hydroxylation sites is 2. The summed E-state index contributed by atoms with van der Waals surface area (Å²) in [5.74, 6) is 0. The summed E-state index contributed by atoms with van der Waals surface area (Å²) < 4.78 is 13.0. The molecule has 11 aromatic rings. The van der Waals surface area contributed by atoms with E-state index in [1.807, 2.05) is 12.1 Å². The molecule has 1 aliphatic carbocycles. The molecule has 0 N–H and O–H groups in total. The van der Waals surface area contributed by atoms with Crippen LogP contribution in [0.5, 0.6) is 0 Å². The Balaban J connectivity index is 1.15. The highest BCUT2D eigenvalue weighted by atomic mass is 16.3.